The Labute approximate surface area is 144 Å². The van der Waals surface area contributed by atoms with Crippen molar-refractivity contribution < 1.29 is 14.1 Å². The zero-order chi connectivity index (χ0) is 17.2. The van der Waals surface area contributed by atoms with Gasteiger partial charge in [0, 0.05) is 38.7 Å². The molecule has 6 nitrogen and oxygen atoms in total. The molecule has 1 aromatic heterocycles. The number of aryl methyl sites for hydroxylation is 1. The molecular formula is C18H29N3O3. The van der Waals surface area contributed by atoms with Gasteiger partial charge in [0.2, 0.25) is 5.91 Å². The van der Waals surface area contributed by atoms with E-state index in [9.17, 15) is 4.79 Å². The van der Waals surface area contributed by atoms with E-state index in [-0.39, 0.29) is 11.4 Å². The molecule has 0 radical (unpaired) electrons. The van der Waals surface area contributed by atoms with Gasteiger partial charge in [0.05, 0.1) is 17.8 Å². The van der Waals surface area contributed by atoms with Crippen molar-refractivity contribution in [1.29, 1.82) is 0 Å². The fourth-order valence-electron chi connectivity index (χ4n) is 4.76. The molecule has 0 unspecified atom stereocenters. The summed E-state index contributed by atoms with van der Waals surface area (Å²) >= 11 is 0. The lowest BCUT2D eigenvalue weighted by molar-refractivity contribution is -0.136. The van der Waals surface area contributed by atoms with E-state index in [0.717, 1.165) is 50.2 Å². The van der Waals surface area contributed by atoms with Crippen molar-refractivity contribution in [2.45, 2.75) is 64.1 Å². The van der Waals surface area contributed by atoms with Gasteiger partial charge in [-0.15, -0.1) is 0 Å². The molecule has 2 aliphatic rings. The molecule has 0 aromatic carbocycles. The zero-order valence-electron chi connectivity index (χ0n) is 15.1. The second kappa shape index (κ2) is 7.23. The maximum absolute atomic E-state index is 12.5. The van der Waals surface area contributed by atoms with Crippen molar-refractivity contribution in [1.82, 2.24) is 15.0 Å². The molecule has 0 bridgehead atoms. The van der Waals surface area contributed by atoms with E-state index in [1.807, 2.05) is 13.0 Å². The molecule has 3 heterocycles. The first kappa shape index (κ1) is 17.4. The van der Waals surface area contributed by atoms with Gasteiger partial charge in [0.25, 0.3) is 0 Å². The van der Waals surface area contributed by atoms with E-state index in [0.29, 0.717) is 25.6 Å². The number of ether oxygens (including phenoxy) is 1. The number of carbonyl (C=O) groups excluding carboxylic acids is 1. The summed E-state index contributed by atoms with van der Waals surface area (Å²) in [6, 6.07) is 2.38. The number of rotatable bonds is 6. The maximum atomic E-state index is 12.5. The first-order valence-electron chi connectivity index (χ1n) is 9.06. The van der Waals surface area contributed by atoms with Crippen molar-refractivity contribution in [2.75, 3.05) is 26.8 Å². The molecule has 6 heteroatoms. The SMILES string of the molecule is CC[C@@H]1N(Cc2cc(C)on2)CCC[C@@]12CCC(=O)N2CCOC. The molecule has 2 atom stereocenters. The minimum Gasteiger partial charge on any atom is -0.383 e. The van der Waals surface area contributed by atoms with Crippen LogP contribution in [0.2, 0.25) is 0 Å². The molecule has 134 valence electrons. The molecule has 0 saturated carbocycles. The van der Waals surface area contributed by atoms with E-state index in [1.54, 1.807) is 7.11 Å². The van der Waals surface area contributed by atoms with E-state index in [4.69, 9.17) is 9.26 Å². The van der Waals surface area contributed by atoms with E-state index in [2.05, 4.69) is 21.9 Å². The topological polar surface area (TPSA) is 58.8 Å². The lowest BCUT2D eigenvalue weighted by atomic mass is 9.77. The summed E-state index contributed by atoms with van der Waals surface area (Å²) in [5.41, 5.74) is 0.942. The van der Waals surface area contributed by atoms with Crippen LogP contribution in [-0.2, 0) is 16.1 Å². The molecule has 1 aromatic rings. The van der Waals surface area contributed by atoms with Crippen LogP contribution in [0, 0.1) is 6.92 Å². The van der Waals surface area contributed by atoms with Crippen LogP contribution in [0.3, 0.4) is 0 Å². The predicted octanol–water partition coefficient (Wildman–Crippen LogP) is 2.37. The van der Waals surface area contributed by atoms with Crippen molar-refractivity contribution >= 4 is 5.91 Å². The highest BCUT2D eigenvalue weighted by Gasteiger charge is 2.52. The van der Waals surface area contributed by atoms with Crippen LogP contribution in [0.15, 0.2) is 10.6 Å². The summed E-state index contributed by atoms with van der Waals surface area (Å²) < 4.78 is 10.5. The van der Waals surface area contributed by atoms with Crippen LogP contribution in [0.5, 0.6) is 0 Å². The predicted molar refractivity (Wildman–Crippen MR) is 90.5 cm³/mol. The normalized spacial score (nSPS) is 28.2. The average molecular weight is 335 g/mol. The summed E-state index contributed by atoms with van der Waals surface area (Å²) in [6.45, 7) is 7.31. The second-order valence-electron chi connectivity index (χ2n) is 7.07. The monoisotopic (exact) mass is 335 g/mol. The Morgan fingerprint density at radius 3 is 2.96 bits per heavy atom. The van der Waals surface area contributed by atoms with E-state index < -0.39 is 0 Å². The van der Waals surface area contributed by atoms with Crippen molar-refractivity contribution in [3.63, 3.8) is 0 Å². The molecule has 1 amide bonds. The van der Waals surface area contributed by atoms with Gasteiger partial charge < -0.3 is 14.2 Å². The number of carbonyl (C=O) groups is 1. The van der Waals surface area contributed by atoms with Gasteiger partial charge in [0.15, 0.2) is 0 Å². The number of methoxy groups -OCH3 is 1. The van der Waals surface area contributed by atoms with Gasteiger partial charge >= 0.3 is 0 Å². The first-order chi connectivity index (χ1) is 11.6. The summed E-state index contributed by atoms with van der Waals surface area (Å²) in [4.78, 5) is 17.1. The van der Waals surface area contributed by atoms with Crippen LogP contribution in [-0.4, -0.2) is 59.3 Å². The summed E-state index contributed by atoms with van der Waals surface area (Å²) in [5, 5.41) is 4.16. The smallest absolute Gasteiger partial charge is 0.223 e. The van der Waals surface area contributed by atoms with Crippen LogP contribution < -0.4 is 0 Å². The highest BCUT2D eigenvalue weighted by molar-refractivity contribution is 5.80. The van der Waals surface area contributed by atoms with Gasteiger partial charge in [-0.05, 0) is 39.2 Å². The Hall–Kier alpha value is -1.40. The van der Waals surface area contributed by atoms with Gasteiger partial charge in [0.1, 0.15) is 5.76 Å². The maximum Gasteiger partial charge on any atom is 0.223 e. The third-order valence-corrected chi connectivity index (χ3v) is 5.67. The van der Waals surface area contributed by atoms with Crippen molar-refractivity contribution in [3.8, 4) is 0 Å². The number of piperidine rings is 1. The Morgan fingerprint density at radius 2 is 2.29 bits per heavy atom. The van der Waals surface area contributed by atoms with Gasteiger partial charge in [-0.25, -0.2) is 0 Å². The van der Waals surface area contributed by atoms with Crippen LogP contribution in [0.1, 0.15) is 50.5 Å². The van der Waals surface area contributed by atoms with E-state index in [1.165, 1.54) is 0 Å². The molecule has 2 aliphatic heterocycles. The van der Waals surface area contributed by atoms with Crippen LogP contribution in [0.25, 0.3) is 0 Å². The fraction of sp³-hybridized carbons (Fsp3) is 0.778. The molecule has 2 saturated heterocycles. The molecule has 1 spiro atoms. The number of hydrogen-bond donors (Lipinski definition) is 0. The molecular weight excluding hydrogens is 306 g/mol. The Balaban J connectivity index is 1.82. The number of hydrogen-bond acceptors (Lipinski definition) is 5. The molecule has 0 aliphatic carbocycles. The Kier molecular flexibility index (Phi) is 5.25. The molecule has 3 rings (SSSR count). The number of aromatic nitrogens is 1. The minimum absolute atomic E-state index is 0.0403. The largest absolute Gasteiger partial charge is 0.383 e. The fourth-order valence-corrected chi connectivity index (χ4v) is 4.76. The van der Waals surface area contributed by atoms with Crippen LogP contribution >= 0.6 is 0 Å². The lowest BCUT2D eigenvalue weighted by Gasteiger charge is -2.52. The summed E-state index contributed by atoms with van der Waals surface area (Å²) in [6.07, 6.45) is 4.87. The van der Waals surface area contributed by atoms with Gasteiger partial charge in [-0.3, -0.25) is 9.69 Å². The number of likely N-dealkylation sites (tertiary alicyclic amines) is 2. The Bertz CT molecular complexity index is 574. The van der Waals surface area contributed by atoms with Gasteiger partial charge in [-0.2, -0.15) is 0 Å². The molecule has 2 fully saturated rings. The summed E-state index contributed by atoms with van der Waals surface area (Å²) in [5.74, 6) is 1.13. The van der Waals surface area contributed by atoms with Crippen molar-refractivity contribution in [2.24, 2.45) is 0 Å². The Morgan fingerprint density at radius 1 is 1.46 bits per heavy atom. The molecule has 0 N–H and O–H groups in total. The van der Waals surface area contributed by atoms with Gasteiger partial charge in [-0.1, -0.05) is 12.1 Å². The lowest BCUT2D eigenvalue weighted by Crippen LogP contribution is -2.63. The quantitative estimate of drug-likeness (QED) is 0.799. The zero-order valence-corrected chi connectivity index (χ0v) is 15.1. The standard InChI is InChI=1S/C18H29N3O3/c1-4-16-18(8-6-17(22)21(18)10-11-23-3)7-5-9-20(16)13-15-12-14(2)24-19-15/h12,16H,4-11,13H2,1-3H3/t16-,18+/m0/s1. The van der Waals surface area contributed by atoms with Crippen molar-refractivity contribution in [3.05, 3.63) is 17.5 Å². The van der Waals surface area contributed by atoms with E-state index >= 15 is 0 Å². The van der Waals surface area contributed by atoms with Crippen LogP contribution in [0.4, 0.5) is 0 Å². The second-order valence-corrected chi connectivity index (χ2v) is 7.07. The highest BCUT2D eigenvalue weighted by atomic mass is 16.5. The third-order valence-electron chi connectivity index (χ3n) is 5.67. The average Bonchev–Trinajstić information content (AvgIpc) is 3.11. The third kappa shape index (κ3) is 3.09. The first-order valence-corrected chi connectivity index (χ1v) is 9.06. The molecule has 24 heavy (non-hydrogen) atoms. The number of amides is 1. The summed E-state index contributed by atoms with van der Waals surface area (Å²) in [7, 11) is 1.70. The highest BCUT2D eigenvalue weighted by Crippen LogP contribution is 2.43. The number of nitrogens with zero attached hydrogens (tertiary/aromatic N) is 3. The minimum atomic E-state index is -0.0403.